The van der Waals surface area contributed by atoms with Crippen molar-refractivity contribution in [3.63, 3.8) is 0 Å². The van der Waals surface area contributed by atoms with Crippen LogP contribution in [0.3, 0.4) is 0 Å². The van der Waals surface area contributed by atoms with Crippen molar-refractivity contribution in [3.8, 4) is 5.75 Å². The van der Waals surface area contributed by atoms with Crippen molar-refractivity contribution in [2.24, 2.45) is 5.73 Å². The van der Waals surface area contributed by atoms with E-state index in [9.17, 15) is 5.11 Å². The summed E-state index contributed by atoms with van der Waals surface area (Å²) in [6.45, 7) is 1.04. The van der Waals surface area contributed by atoms with Crippen LogP contribution >= 0.6 is 11.3 Å². The zero-order valence-electron chi connectivity index (χ0n) is 10.1. The van der Waals surface area contributed by atoms with Crippen molar-refractivity contribution >= 4 is 11.3 Å². The third-order valence-corrected chi connectivity index (χ3v) is 3.49. The van der Waals surface area contributed by atoms with Gasteiger partial charge in [-0.05, 0) is 42.1 Å². The fourth-order valence-corrected chi connectivity index (χ4v) is 2.30. The van der Waals surface area contributed by atoms with Crippen LogP contribution in [-0.4, -0.2) is 11.7 Å². The second-order valence-corrected chi connectivity index (χ2v) is 5.07. The molecule has 0 spiro atoms. The molecule has 0 radical (unpaired) electrons. The second-order valence-electron chi connectivity index (χ2n) is 4.03. The van der Waals surface area contributed by atoms with Gasteiger partial charge in [-0.25, -0.2) is 0 Å². The Morgan fingerprint density at radius 1 is 1.28 bits per heavy atom. The molecule has 3 N–H and O–H groups in total. The van der Waals surface area contributed by atoms with Crippen LogP contribution in [0.15, 0.2) is 41.8 Å². The summed E-state index contributed by atoms with van der Waals surface area (Å²) < 4.78 is 5.69. The summed E-state index contributed by atoms with van der Waals surface area (Å²) in [6.07, 6.45) is 0.0502. The van der Waals surface area contributed by atoms with Crippen LogP contribution in [0.4, 0.5) is 0 Å². The quantitative estimate of drug-likeness (QED) is 0.842. The maximum Gasteiger partial charge on any atom is 0.122 e. The fourth-order valence-electron chi connectivity index (χ4n) is 1.69. The minimum absolute atomic E-state index is 0.474. The van der Waals surface area contributed by atoms with Crippen molar-refractivity contribution < 1.29 is 9.84 Å². The Morgan fingerprint density at radius 2 is 2.17 bits per heavy atom. The van der Waals surface area contributed by atoms with E-state index in [0.717, 1.165) is 11.3 Å². The highest BCUT2D eigenvalue weighted by Crippen LogP contribution is 2.22. The first-order chi connectivity index (χ1) is 8.79. The lowest BCUT2D eigenvalue weighted by Crippen LogP contribution is -2.06. The van der Waals surface area contributed by atoms with Crippen molar-refractivity contribution in [2.45, 2.75) is 19.1 Å². The van der Waals surface area contributed by atoms with Gasteiger partial charge in [0.15, 0.2) is 0 Å². The fraction of sp³-hybridized carbons (Fsp3) is 0.286. The van der Waals surface area contributed by atoms with E-state index in [0.29, 0.717) is 19.6 Å². The van der Waals surface area contributed by atoms with Gasteiger partial charge in [0.25, 0.3) is 0 Å². The molecule has 0 amide bonds. The van der Waals surface area contributed by atoms with Crippen LogP contribution in [0.2, 0.25) is 0 Å². The van der Waals surface area contributed by atoms with Crippen LogP contribution in [0.25, 0.3) is 0 Å². The molecular weight excluding hydrogens is 246 g/mol. The largest absolute Gasteiger partial charge is 0.488 e. The Kier molecular flexibility index (Phi) is 4.75. The Balaban J connectivity index is 1.98. The van der Waals surface area contributed by atoms with E-state index in [-0.39, 0.29) is 0 Å². The lowest BCUT2D eigenvalue weighted by Gasteiger charge is -2.11. The Bertz CT molecular complexity index is 470. The standard InChI is InChI=1S/C14H17NO2S/c15-7-6-14(16)11-3-1-4-12(9-11)17-10-13-5-2-8-18-13/h1-5,8-9,14,16H,6-7,10,15H2. The summed E-state index contributed by atoms with van der Waals surface area (Å²) in [5.41, 5.74) is 6.29. The van der Waals surface area contributed by atoms with Gasteiger partial charge in [0.05, 0.1) is 6.10 Å². The minimum atomic E-state index is -0.514. The monoisotopic (exact) mass is 263 g/mol. The highest BCUT2D eigenvalue weighted by molar-refractivity contribution is 7.09. The summed E-state index contributed by atoms with van der Waals surface area (Å²) in [4.78, 5) is 1.18. The van der Waals surface area contributed by atoms with Gasteiger partial charge in [0.1, 0.15) is 12.4 Å². The first-order valence-corrected chi connectivity index (χ1v) is 6.81. The zero-order valence-corrected chi connectivity index (χ0v) is 10.9. The molecule has 0 aliphatic heterocycles. The summed E-state index contributed by atoms with van der Waals surface area (Å²) >= 11 is 1.67. The van der Waals surface area contributed by atoms with Crippen LogP contribution in [0.1, 0.15) is 23.0 Å². The van der Waals surface area contributed by atoms with E-state index in [2.05, 4.69) is 0 Å². The van der Waals surface area contributed by atoms with E-state index in [1.807, 2.05) is 41.8 Å². The molecule has 0 bridgehead atoms. The summed E-state index contributed by atoms with van der Waals surface area (Å²) in [5, 5.41) is 11.9. The van der Waals surface area contributed by atoms with Crippen LogP contribution in [-0.2, 0) is 6.61 Å². The lowest BCUT2D eigenvalue weighted by atomic mass is 10.1. The molecule has 4 heteroatoms. The van der Waals surface area contributed by atoms with Gasteiger partial charge in [-0.15, -0.1) is 11.3 Å². The van der Waals surface area contributed by atoms with Gasteiger partial charge in [0.2, 0.25) is 0 Å². The highest BCUT2D eigenvalue weighted by atomic mass is 32.1. The molecule has 1 heterocycles. The summed E-state index contributed by atoms with van der Waals surface area (Å²) in [6, 6.07) is 11.6. The molecule has 1 unspecified atom stereocenters. The average molecular weight is 263 g/mol. The number of benzene rings is 1. The van der Waals surface area contributed by atoms with Gasteiger partial charge in [-0.1, -0.05) is 18.2 Å². The normalized spacial score (nSPS) is 12.3. The molecule has 18 heavy (non-hydrogen) atoms. The van der Waals surface area contributed by atoms with Crippen molar-refractivity contribution in [1.29, 1.82) is 0 Å². The molecule has 0 saturated carbocycles. The van der Waals surface area contributed by atoms with Crippen LogP contribution < -0.4 is 10.5 Å². The van der Waals surface area contributed by atoms with Gasteiger partial charge in [-0.2, -0.15) is 0 Å². The second kappa shape index (κ2) is 6.54. The molecule has 0 saturated heterocycles. The number of thiophene rings is 1. The molecule has 1 atom stereocenters. The molecule has 96 valence electrons. The maximum atomic E-state index is 9.86. The molecule has 0 aliphatic rings. The molecular formula is C14H17NO2S. The first-order valence-electron chi connectivity index (χ1n) is 5.93. The molecule has 2 rings (SSSR count). The van der Waals surface area contributed by atoms with Gasteiger partial charge < -0.3 is 15.6 Å². The number of aliphatic hydroxyl groups is 1. The SMILES string of the molecule is NCCC(O)c1cccc(OCc2cccs2)c1. The molecule has 1 aromatic heterocycles. The van der Waals surface area contributed by atoms with Crippen molar-refractivity contribution in [1.82, 2.24) is 0 Å². The zero-order chi connectivity index (χ0) is 12.8. The molecule has 3 nitrogen and oxygen atoms in total. The predicted octanol–water partition coefficient (Wildman–Crippen LogP) is 2.71. The van der Waals surface area contributed by atoms with E-state index < -0.39 is 6.10 Å². The highest BCUT2D eigenvalue weighted by Gasteiger charge is 2.07. The molecule has 2 aromatic rings. The number of rotatable bonds is 6. The number of ether oxygens (including phenoxy) is 1. The topological polar surface area (TPSA) is 55.5 Å². The Labute approximate surface area is 111 Å². The lowest BCUT2D eigenvalue weighted by molar-refractivity contribution is 0.169. The van der Waals surface area contributed by atoms with E-state index in [1.165, 1.54) is 4.88 Å². The number of hydrogen-bond donors (Lipinski definition) is 2. The summed E-state index contributed by atoms with van der Waals surface area (Å²) in [7, 11) is 0. The Morgan fingerprint density at radius 3 is 2.89 bits per heavy atom. The van der Waals surface area contributed by atoms with Gasteiger partial charge >= 0.3 is 0 Å². The smallest absolute Gasteiger partial charge is 0.122 e. The van der Waals surface area contributed by atoms with Gasteiger partial charge in [-0.3, -0.25) is 0 Å². The van der Waals surface area contributed by atoms with E-state index in [1.54, 1.807) is 11.3 Å². The number of hydrogen-bond acceptors (Lipinski definition) is 4. The number of aliphatic hydroxyl groups excluding tert-OH is 1. The van der Waals surface area contributed by atoms with Crippen LogP contribution in [0.5, 0.6) is 5.75 Å². The van der Waals surface area contributed by atoms with Gasteiger partial charge in [0, 0.05) is 4.88 Å². The van der Waals surface area contributed by atoms with E-state index in [4.69, 9.17) is 10.5 Å². The third kappa shape index (κ3) is 3.57. The molecule has 1 aromatic carbocycles. The molecule has 0 fully saturated rings. The summed E-state index contributed by atoms with van der Waals surface area (Å²) in [5.74, 6) is 0.775. The average Bonchev–Trinajstić information content (AvgIpc) is 2.90. The predicted molar refractivity (Wildman–Crippen MR) is 73.7 cm³/mol. The van der Waals surface area contributed by atoms with Crippen molar-refractivity contribution in [3.05, 3.63) is 52.2 Å². The molecule has 0 aliphatic carbocycles. The van der Waals surface area contributed by atoms with E-state index >= 15 is 0 Å². The van der Waals surface area contributed by atoms with Crippen LogP contribution in [0, 0.1) is 0 Å². The maximum absolute atomic E-state index is 9.86. The number of nitrogens with two attached hydrogens (primary N) is 1. The third-order valence-electron chi connectivity index (χ3n) is 2.64. The first kappa shape index (κ1) is 13.1. The Hall–Kier alpha value is -1.36. The minimum Gasteiger partial charge on any atom is -0.488 e. The van der Waals surface area contributed by atoms with Crippen molar-refractivity contribution in [2.75, 3.05) is 6.54 Å².